The minimum absolute atomic E-state index is 0.0395. The predicted molar refractivity (Wildman–Crippen MR) is 271 cm³/mol. The van der Waals surface area contributed by atoms with E-state index in [1.165, 1.54) is 56.2 Å². The number of benzene rings is 2. The lowest BCUT2D eigenvalue weighted by Crippen LogP contribution is -2.32. The second-order valence-corrected chi connectivity index (χ2v) is 16.3. The van der Waals surface area contributed by atoms with Crippen LogP contribution in [0.25, 0.3) is 0 Å². The molecule has 0 bridgehead atoms. The molecule has 2 nitrogen and oxygen atoms in total. The van der Waals surface area contributed by atoms with Crippen molar-refractivity contribution in [3.8, 4) is 0 Å². The van der Waals surface area contributed by atoms with E-state index in [-0.39, 0.29) is 10.8 Å². The molecule has 3 rings (SSSR count). The normalized spacial score (nSPS) is 13.8. The van der Waals surface area contributed by atoms with Crippen molar-refractivity contribution in [3.05, 3.63) is 179 Å². The average molecular weight is 799 g/mol. The highest BCUT2D eigenvalue weighted by Crippen LogP contribution is 2.41. The van der Waals surface area contributed by atoms with E-state index in [1.807, 2.05) is 59.8 Å². The molecule has 2 aromatic carbocycles. The monoisotopic (exact) mass is 799 g/mol. The number of rotatable bonds is 16. The Balaban J connectivity index is 0.00000341. The van der Waals surface area contributed by atoms with Gasteiger partial charge in [0.15, 0.2) is 0 Å². The van der Waals surface area contributed by atoms with Crippen LogP contribution in [0.5, 0.6) is 0 Å². The molecule has 0 heterocycles. The fraction of sp³-hybridized carbons (Fsp3) is 0.439. The first-order chi connectivity index (χ1) is 28.0. The van der Waals surface area contributed by atoms with Gasteiger partial charge in [-0.05, 0) is 151 Å². The molecule has 0 N–H and O–H groups in total. The molecule has 0 fully saturated rings. The molecule has 59 heavy (non-hydrogen) atoms. The molecule has 0 spiro atoms. The van der Waals surface area contributed by atoms with Gasteiger partial charge in [0.1, 0.15) is 0 Å². The fourth-order valence-corrected chi connectivity index (χ4v) is 7.08. The van der Waals surface area contributed by atoms with Crippen molar-refractivity contribution in [2.24, 2.45) is 10.8 Å². The lowest BCUT2D eigenvalue weighted by molar-refractivity contribution is 0.424. The van der Waals surface area contributed by atoms with Gasteiger partial charge in [-0.2, -0.15) is 0 Å². The Labute approximate surface area is 366 Å². The molecule has 0 aromatic heterocycles. The van der Waals surface area contributed by atoms with Crippen molar-refractivity contribution >= 4 is 11.4 Å². The number of aryl methyl sites for hydroxylation is 1. The Morgan fingerprint density at radius 2 is 1.41 bits per heavy atom. The Kier molecular flexibility index (Phi) is 25.8. The van der Waals surface area contributed by atoms with E-state index in [4.69, 9.17) is 0 Å². The zero-order valence-electron chi connectivity index (χ0n) is 41.2. The summed E-state index contributed by atoms with van der Waals surface area (Å²) in [6, 6.07) is 16.2. The van der Waals surface area contributed by atoms with Crippen molar-refractivity contribution in [1.29, 1.82) is 0 Å². The Bertz CT molecular complexity index is 1820. The molecule has 0 radical (unpaired) electrons. The average Bonchev–Trinajstić information content (AvgIpc) is 3.22. The maximum Gasteiger partial charge on any atom is 0.0489 e. The summed E-state index contributed by atoms with van der Waals surface area (Å²) in [7, 11) is 0. The van der Waals surface area contributed by atoms with Crippen LogP contribution in [0.4, 0.5) is 11.4 Å². The van der Waals surface area contributed by atoms with Gasteiger partial charge in [-0.25, -0.2) is 0 Å². The summed E-state index contributed by atoms with van der Waals surface area (Å²) in [5.74, 6) is 0. The third-order valence-electron chi connectivity index (χ3n) is 11.0. The quantitative estimate of drug-likeness (QED) is 0.156. The summed E-state index contributed by atoms with van der Waals surface area (Å²) in [6.07, 6.45) is 29.4. The topological polar surface area (TPSA) is 6.48 Å². The molecule has 0 saturated heterocycles. The minimum atomic E-state index is 0.0395. The van der Waals surface area contributed by atoms with Gasteiger partial charge in [-0.15, -0.1) is 0 Å². The zero-order chi connectivity index (χ0) is 45.3. The van der Waals surface area contributed by atoms with E-state index in [0.717, 1.165) is 31.4 Å². The van der Waals surface area contributed by atoms with Gasteiger partial charge >= 0.3 is 0 Å². The largest absolute Gasteiger partial charge is 0.343 e. The number of hydrogen-bond donors (Lipinski definition) is 0. The smallest absolute Gasteiger partial charge is 0.0489 e. The van der Waals surface area contributed by atoms with Crippen LogP contribution in [-0.4, -0.2) is 6.04 Å². The molecule has 324 valence electrons. The zero-order valence-corrected chi connectivity index (χ0v) is 41.2. The Hall–Kier alpha value is -4.56. The second kappa shape index (κ2) is 28.0. The standard InChI is InChI=1S/C48H66N2.C5H8.2C2H6/c1-15-18-19-22-38(8)50(46-23-20-21-37(7)39(46)9)44-31-27-42(28-32-44)48(13,14)34-41-25-29-43(30-26-41)49(35(4)5)40(10)45(47(11,12)17-3)33-24-36(6)16-2;1-3-5-4-2;2*1-2/h15-16,18-27,29-31,33,35H,8,17,28,32,34H2,1-7,9-14H3;3-5H,1H2,2H3;2*1-2H3/b18-15-,22-19-,33-24-,36-16-,45-40-;5-4-;;. The van der Waals surface area contributed by atoms with E-state index < -0.39 is 0 Å². The van der Waals surface area contributed by atoms with Crippen molar-refractivity contribution in [1.82, 2.24) is 0 Å². The molecule has 1 aliphatic rings. The van der Waals surface area contributed by atoms with Crippen LogP contribution in [0.1, 0.15) is 147 Å². The van der Waals surface area contributed by atoms with Crippen molar-refractivity contribution in [3.63, 3.8) is 0 Å². The van der Waals surface area contributed by atoms with E-state index in [0.29, 0.717) is 6.04 Å². The lowest BCUT2D eigenvalue weighted by Gasteiger charge is -2.36. The van der Waals surface area contributed by atoms with Crippen molar-refractivity contribution in [2.75, 3.05) is 9.80 Å². The summed E-state index contributed by atoms with van der Waals surface area (Å²) in [4.78, 5) is 4.86. The molecule has 0 atom stereocenters. The molecular weight excluding hydrogens is 713 g/mol. The van der Waals surface area contributed by atoms with Crippen molar-refractivity contribution < 1.29 is 0 Å². The molecule has 2 aromatic rings. The van der Waals surface area contributed by atoms with Gasteiger partial charge < -0.3 is 9.80 Å². The second-order valence-electron chi connectivity index (χ2n) is 16.3. The first-order valence-electron chi connectivity index (χ1n) is 22.4. The van der Waals surface area contributed by atoms with Crippen LogP contribution in [0.15, 0.2) is 162 Å². The highest BCUT2D eigenvalue weighted by molar-refractivity contribution is 5.66. The van der Waals surface area contributed by atoms with E-state index >= 15 is 0 Å². The maximum atomic E-state index is 4.49. The Morgan fingerprint density at radius 3 is 1.88 bits per heavy atom. The van der Waals surface area contributed by atoms with Crippen LogP contribution < -0.4 is 9.80 Å². The van der Waals surface area contributed by atoms with Gasteiger partial charge in [0, 0.05) is 34.5 Å². The summed E-state index contributed by atoms with van der Waals surface area (Å²) in [5, 5.41) is 0. The maximum absolute atomic E-state index is 4.49. The summed E-state index contributed by atoms with van der Waals surface area (Å²) < 4.78 is 0. The minimum Gasteiger partial charge on any atom is -0.343 e. The number of anilines is 2. The molecule has 0 aliphatic heterocycles. The third kappa shape index (κ3) is 16.9. The molecule has 0 unspecified atom stereocenters. The first kappa shape index (κ1) is 54.4. The summed E-state index contributed by atoms with van der Waals surface area (Å²) >= 11 is 0. The van der Waals surface area contributed by atoms with Gasteiger partial charge in [-0.3, -0.25) is 0 Å². The number of hydrogen-bond acceptors (Lipinski definition) is 2. The van der Waals surface area contributed by atoms with Gasteiger partial charge in [0.25, 0.3) is 0 Å². The summed E-state index contributed by atoms with van der Waals surface area (Å²) in [6.45, 7) is 47.3. The van der Waals surface area contributed by atoms with Crippen LogP contribution in [0.2, 0.25) is 0 Å². The van der Waals surface area contributed by atoms with Gasteiger partial charge in [0.05, 0.1) is 0 Å². The fourth-order valence-electron chi connectivity index (χ4n) is 7.08. The van der Waals surface area contributed by atoms with Crippen molar-refractivity contribution in [2.45, 2.75) is 156 Å². The molecule has 1 aliphatic carbocycles. The Morgan fingerprint density at radius 1 is 0.797 bits per heavy atom. The first-order valence-corrected chi connectivity index (χ1v) is 22.4. The van der Waals surface area contributed by atoms with Crippen LogP contribution >= 0.6 is 0 Å². The van der Waals surface area contributed by atoms with Crippen LogP contribution in [0.3, 0.4) is 0 Å². The molecule has 2 heteroatoms. The van der Waals surface area contributed by atoms with E-state index in [1.54, 1.807) is 6.08 Å². The molecular formula is C57H86N2. The summed E-state index contributed by atoms with van der Waals surface area (Å²) in [5.41, 5.74) is 14.3. The molecule has 0 amide bonds. The molecule has 0 saturated carbocycles. The van der Waals surface area contributed by atoms with Crippen LogP contribution in [0, 0.1) is 24.7 Å². The highest BCUT2D eigenvalue weighted by atomic mass is 15.2. The third-order valence-corrected chi connectivity index (χ3v) is 11.0. The van der Waals surface area contributed by atoms with Crippen LogP contribution in [-0.2, 0) is 6.42 Å². The number of allylic oxidation sites excluding steroid dienone is 17. The van der Waals surface area contributed by atoms with Gasteiger partial charge in [-0.1, -0.05) is 172 Å². The van der Waals surface area contributed by atoms with E-state index in [9.17, 15) is 0 Å². The lowest BCUT2D eigenvalue weighted by atomic mass is 9.75. The SMILES string of the molecule is C=C(/C=C\C=C/C)N(C1=CC=C(C(C)(C)Cc2ccc(N(/C(C)=C(/C=C\C(C)=C/C)C(C)(C)CC)C(C)C)cc2)CC1)c1cccc(C)c1C.C=C/C=C\C.CC.CC. The number of nitrogens with zero attached hydrogens (tertiary/aromatic N) is 2. The van der Waals surface area contributed by atoms with Gasteiger partial charge in [0.2, 0.25) is 0 Å². The van der Waals surface area contributed by atoms with E-state index in [2.05, 4.69) is 197 Å². The predicted octanol–water partition coefficient (Wildman–Crippen LogP) is 17.9. The highest BCUT2D eigenvalue weighted by Gasteiger charge is 2.28.